The number of urea groups is 1. The van der Waals surface area contributed by atoms with Crippen LogP contribution in [-0.4, -0.2) is 66.6 Å². The first-order valence-corrected chi connectivity index (χ1v) is 9.46. The van der Waals surface area contributed by atoms with Crippen molar-refractivity contribution in [3.05, 3.63) is 17.8 Å². The molecule has 0 radical (unpaired) electrons. The number of carbonyl (C=O) groups excluding carboxylic acids is 1. The normalized spacial score (nSPS) is 25.1. The fourth-order valence-electron chi connectivity index (χ4n) is 4.34. The van der Waals surface area contributed by atoms with Gasteiger partial charge in [0, 0.05) is 63.3 Å². The quantitative estimate of drug-likeness (QED) is 0.876. The van der Waals surface area contributed by atoms with Crippen molar-refractivity contribution < 1.29 is 4.79 Å². The smallest absolute Gasteiger partial charge is 0.320 e. The van der Waals surface area contributed by atoms with Crippen molar-refractivity contribution in [2.75, 3.05) is 50.0 Å². The van der Waals surface area contributed by atoms with E-state index in [1.165, 1.54) is 11.3 Å². The standard InChI is InChI=1S/C19H26N6O/c1-13-5-8-24(19(26)25-10-14(9-20)11-25)12-17(13)23(2)16-4-7-22-18-15(16)3-6-21-18/h4,7,13-14,17H,3,5-6,8,10-12H2,1-2H3,(H,21,22)/t13-,17?/m1/s1. The predicted octanol–water partition coefficient (Wildman–Crippen LogP) is 1.77. The van der Waals surface area contributed by atoms with Gasteiger partial charge in [-0.15, -0.1) is 0 Å². The van der Waals surface area contributed by atoms with E-state index in [-0.39, 0.29) is 18.0 Å². The Kier molecular flexibility index (Phi) is 4.35. The summed E-state index contributed by atoms with van der Waals surface area (Å²) < 4.78 is 0. The van der Waals surface area contributed by atoms with Crippen LogP contribution in [0.4, 0.5) is 16.3 Å². The third kappa shape index (κ3) is 2.83. The molecule has 3 aliphatic heterocycles. The second kappa shape index (κ2) is 6.67. The van der Waals surface area contributed by atoms with Crippen LogP contribution >= 0.6 is 0 Å². The third-order valence-electron chi connectivity index (χ3n) is 6.10. The maximum absolute atomic E-state index is 12.7. The zero-order valence-corrected chi connectivity index (χ0v) is 15.5. The van der Waals surface area contributed by atoms with Crippen molar-refractivity contribution in [1.82, 2.24) is 14.8 Å². The number of carbonyl (C=O) groups is 1. The Morgan fingerprint density at radius 2 is 2.19 bits per heavy atom. The van der Waals surface area contributed by atoms with Crippen molar-refractivity contribution >= 4 is 17.5 Å². The molecule has 138 valence electrons. The molecule has 0 bridgehead atoms. The zero-order valence-electron chi connectivity index (χ0n) is 15.5. The number of nitriles is 1. The second-order valence-electron chi connectivity index (χ2n) is 7.74. The lowest BCUT2D eigenvalue weighted by atomic mass is 9.91. The number of nitrogens with one attached hydrogen (secondary N) is 1. The highest BCUT2D eigenvalue weighted by Gasteiger charge is 2.38. The van der Waals surface area contributed by atoms with Crippen LogP contribution in [0, 0.1) is 23.2 Å². The number of fused-ring (bicyclic) bond motifs is 1. The first-order chi connectivity index (χ1) is 12.6. The molecule has 0 spiro atoms. The predicted molar refractivity (Wildman–Crippen MR) is 100 cm³/mol. The van der Waals surface area contributed by atoms with Gasteiger partial charge >= 0.3 is 6.03 Å². The van der Waals surface area contributed by atoms with Crippen LogP contribution in [-0.2, 0) is 6.42 Å². The maximum atomic E-state index is 12.7. The minimum Gasteiger partial charge on any atom is -0.369 e. The number of nitrogens with zero attached hydrogens (tertiary/aromatic N) is 5. The Morgan fingerprint density at radius 3 is 2.96 bits per heavy atom. The molecule has 2 atom stereocenters. The van der Waals surface area contributed by atoms with E-state index in [0.29, 0.717) is 19.0 Å². The highest BCUT2D eigenvalue weighted by Crippen LogP contribution is 2.33. The summed E-state index contributed by atoms with van der Waals surface area (Å²) in [6, 6.07) is 4.70. The number of hydrogen-bond acceptors (Lipinski definition) is 5. The second-order valence-corrected chi connectivity index (χ2v) is 7.74. The van der Waals surface area contributed by atoms with Gasteiger partial charge in [-0.3, -0.25) is 0 Å². The topological polar surface area (TPSA) is 75.5 Å². The number of likely N-dealkylation sites (N-methyl/N-ethyl adjacent to an activating group) is 1. The maximum Gasteiger partial charge on any atom is 0.320 e. The number of pyridine rings is 1. The van der Waals surface area contributed by atoms with Gasteiger partial charge < -0.3 is 20.0 Å². The van der Waals surface area contributed by atoms with Crippen LogP contribution in [0.5, 0.6) is 0 Å². The first-order valence-electron chi connectivity index (χ1n) is 9.46. The SMILES string of the molecule is C[C@@H]1CCN(C(=O)N2CC(C#N)C2)CC1N(C)c1ccnc2c1CCN2. The minimum absolute atomic E-state index is 0.00745. The minimum atomic E-state index is 0.00745. The lowest BCUT2D eigenvalue weighted by Crippen LogP contribution is -2.59. The summed E-state index contributed by atoms with van der Waals surface area (Å²) in [5, 5.41) is 12.3. The van der Waals surface area contributed by atoms with Crippen LogP contribution in [0.3, 0.4) is 0 Å². The molecular weight excluding hydrogens is 328 g/mol. The Labute approximate surface area is 154 Å². The number of amides is 2. The molecule has 0 aromatic carbocycles. The Bertz CT molecular complexity index is 738. The lowest BCUT2D eigenvalue weighted by molar-refractivity contribution is 0.0910. The van der Waals surface area contributed by atoms with E-state index in [9.17, 15) is 4.79 Å². The number of aromatic nitrogens is 1. The molecule has 3 aliphatic rings. The summed E-state index contributed by atoms with van der Waals surface area (Å²) >= 11 is 0. The number of piperidine rings is 1. The van der Waals surface area contributed by atoms with Crippen molar-refractivity contribution in [1.29, 1.82) is 5.26 Å². The third-order valence-corrected chi connectivity index (χ3v) is 6.10. The van der Waals surface area contributed by atoms with E-state index in [2.05, 4.69) is 41.3 Å². The lowest BCUT2D eigenvalue weighted by Gasteiger charge is -2.46. The molecule has 26 heavy (non-hydrogen) atoms. The zero-order chi connectivity index (χ0) is 18.3. The molecule has 0 aliphatic carbocycles. The van der Waals surface area contributed by atoms with Gasteiger partial charge in [-0.2, -0.15) is 5.26 Å². The molecule has 0 saturated carbocycles. The molecule has 7 heteroatoms. The summed E-state index contributed by atoms with van der Waals surface area (Å²) in [7, 11) is 2.14. The molecule has 2 saturated heterocycles. The van der Waals surface area contributed by atoms with Crippen LogP contribution < -0.4 is 10.2 Å². The van der Waals surface area contributed by atoms with Gasteiger partial charge in [-0.05, 0) is 24.8 Å². The monoisotopic (exact) mass is 354 g/mol. The molecule has 1 N–H and O–H groups in total. The largest absolute Gasteiger partial charge is 0.369 e. The van der Waals surface area contributed by atoms with E-state index < -0.39 is 0 Å². The number of anilines is 2. The highest BCUT2D eigenvalue weighted by atomic mass is 16.2. The molecule has 4 rings (SSSR count). The van der Waals surface area contributed by atoms with Gasteiger partial charge in [0.15, 0.2) is 0 Å². The van der Waals surface area contributed by atoms with Crippen molar-refractivity contribution in [2.45, 2.75) is 25.8 Å². The van der Waals surface area contributed by atoms with Gasteiger partial charge in [0.25, 0.3) is 0 Å². The fourth-order valence-corrected chi connectivity index (χ4v) is 4.34. The molecular formula is C19H26N6O. The van der Waals surface area contributed by atoms with Crippen LogP contribution in [0.25, 0.3) is 0 Å². The van der Waals surface area contributed by atoms with Gasteiger partial charge in [-0.1, -0.05) is 6.92 Å². The van der Waals surface area contributed by atoms with Crippen LogP contribution in [0.2, 0.25) is 0 Å². The molecule has 2 fully saturated rings. The van der Waals surface area contributed by atoms with Crippen molar-refractivity contribution in [3.63, 3.8) is 0 Å². The summed E-state index contributed by atoms with van der Waals surface area (Å²) in [6.07, 6.45) is 3.86. The highest BCUT2D eigenvalue weighted by molar-refractivity contribution is 5.76. The summed E-state index contributed by atoms with van der Waals surface area (Å²) in [5.74, 6) is 1.52. The molecule has 1 aromatic heterocycles. The first kappa shape index (κ1) is 17.0. The van der Waals surface area contributed by atoms with Gasteiger partial charge in [-0.25, -0.2) is 9.78 Å². The van der Waals surface area contributed by atoms with E-state index in [0.717, 1.165) is 38.3 Å². The molecule has 7 nitrogen and oxygen atoms in total. The van der Waals surface area contributed by atoms with Gasteiger partial charge in [0.05, 0.1) is 12.0 Å². The Balaban J connectivity index is 1.48. The van der Waals surface area contributed by atoms with Crippen molar-refractivity contribution in [2.24, 2.45) is 11.8 Å². The fraction of sp³-hybridized carbons (Fsp3) is 0.632. The number of likely N-dealkylation sites (tertiary alicyclic amines) is 2. The Morgan fingerprint density at radius 1 is 1.38 bits per heavy atom. The van der Waals surface area contributed by atoms with Gasteiger partial charge in [0.1, 0.15) is 5.82 Å². The van der Waals surface area contributed by atoms with Crippen molar-refractivity contribution in [3.8, 4) is 6.07 Å². The summed E-state index contributed by atoms with van der Waals surface area (Å²) in [5.41, 5.74) is 2.50. The average molecular weight is 354 g/mol. The average Bonchev–Trinajstić information content (AvgIpc) is 3.09. The summed E-state index contributed by atoms with van der Waals surface area (Å²) in [4.78, 5) is 23.3. The summed E-state index contributed by atoms with van der Waals surface area (Å²) in [6.45, 7) is 5.89. The van der Waals surface area contributed by atoms with E-state index in [4.69, 9.17) is 5.26 Å². The molecule has 1 unspecified atom stereocenters. The Hall–Kier alpha value is -2.49. The molecule has 4 heterocycles. The van der Waals surface area contributed by atoms with Crippen LogP contribution in [0.15, 0.2) is 12.3 Å². The molecule has 1 aromatic rings. The van der Waals surface area contributed by atoms with Gasteiger partial charge in [0.2, 0.25) is 0 Å². The van der Waals surface area contributed by atoms with E-state index in [1.807, 2.05) is 11.1 Å². The molecule has 2 amide bonds. The number of rotatable bonds is 2. The van der Waals surface area contributed by atoms with E-state index >= 15 is 0 Å². The number of hydrogen-bond donors (Lipinski definition) is 1. The van der Waals surface area contributed by atoms with Crippen LogP contribution in [0.1, 0.15) is 18.9 Å². The van der Waals surface area contributed by atoms with E-state index in [1.54, 1.807) is 4.90 Å².